The van der Waals surface area contributed by atoms with Crippen molar-refractivity contribution >= 4 is 5.69 Å². The molecule has 0 heterocycles. The third kappa shape index (κ3) is 4.95. The number of aliphatic hydroxyl groups is 1. The summed E-state index contributed by atoms with van der Waals surface area (Å²) in [6, 6.07) is 8.41. The molecule has 1 unspecified atom stereocenters. The first-order valence-electron chi connectivity index (χ1n) is 5.00. The van der Waals surface area contributed by atoms with Gasteiger partial charge in [-0.05, 0) is 19.1 Å². The van der Waals surface area contributed by atoms with E-state index in [-0.39, 0.29) is 0 Å². The zero-order valence-corrected chi connectivity index (χ0v) is 9.28. The van der Waals surface area contributed by atoms with E-state index in [1.807, 2.05) is 0 Å². The Morgan fingerprint density at radius 3 is 2.24 bits per heavy atom. The molecule has 0 fully saturated rings. The smallest absolute Gasteiger partial charge is 0.391 e. The summed E-state index contributed by atoms with van der Waals surface area (Å²) in [6.07, 6.45) is -5.58. The lowest BCUT2D eigenvalue weighted by molar-refractivity contribution is -0.149. The van der Waals surface area contributed by atoms with Crippen molar-refractivity contribution in [2.45, 2.75) is 25.1 Å². The van der Waals surface area contributed by atoms with Crippen LogP contribution in [0.25, 0.3) is 0 Å². The van der Waals surface area contributed by atoms with Crippen LogP contribution in [-0.4, -0.2) is 23.4 Å². The molecule has 17 heavy (non-hydrogen) atoms. The number of halogens is 3. The molecule has 1 atom stereocenters. The molecule has 0 radical (unpaired) electrons. The van der Waals surface area contributed by atoms with E-state index in [1.54, 1.807) is 30.3 Å². The maximum absolute atomic E-state index is 12.3. The molecule has 0 bridgehead atoms. The predicted molar refractivity (Wildman–Crippen MR) is 57.1 cm³/mol. The zero-order chi connectivity index (χ0) is 12.9. The summed E-state index contributed by atoms with van der Waals surface area (Å²) >= 11 is 0. The second-order valence-electron chi connectivity index (χ2n) is 3.98. The molecule has 0 aliphatic rings. The number of alkyl halides is 3. The third-order valence-corrected chi connectivity index (χ3v) is 2.08. The summed E-state index contributed by atoms with van der Waals surface area (Å²) in [5, 5.41) is 16.3. The minimum atomic E-state index is -4.38. The molecule has 1 rings (SSSR count). The Labute approximate surface area is 97.0 Å². The van der Waals surface area contributed by atoms with Gasteiger partial charge in [-0.15, -0.1) is 0 Å². The van der Waals surface area contributed by atoms with Crippen molar-refractivity contribution in [1.29, 1.82) is 0 Å². The fourth-order valence-electron chi connectivity index (χ4n) is 1.23. The molecule has 94 valence electrons. The first-order chi connectivity index (χ1) is 7.85. The Balaban J connectivity index is 2.79. The van der Waals surface area contributed by atoms with E-state index in [2.05, 4.69) is 10.2 Å². The molecule has 6 heteroatoms. The molecule has 1 aromatic rings. The van der Waals surface area contributed by atoms with Gasteiger partial charge in [-0.3, -0.25) is 0 Å². The van der Waals surface area contributed by atoms with Crippen molar-refractivity contribution in [3.05, 3.63) is 30.3 Å². The summed E-state index contributed by atoms with van der Waals surface area (Å²) in [5.74, 6) is 0. The summed E-state index contributed by atoms with van der Waals surface area (Å²) in [5.41, 5.74) is -1.18. The Morgan fingerprint density at radius 2 is 1.76 bits per heavy atom. The SMILES string of the molecule is CC(CO)(CC(F)(F)F)N=Nc1ccccc1. The van der Waals surface area contributed by atoms with E-state index in [4.69, 9.17) is 5.11 Å². The van der Waals surface area contributed by atoms with Crippen LogP contribution in [0.4, 0.5) is 18.9 Å². The molecule has 0 saturated carbocycles. The minimum Gasteiger partial charge on any atom is -0.394 e. The molecule has 0 amide bonds. The van der Waals surface area contributed by atoms with Crippen molar-refractivity contribution in [1.82, 2.24) is 0 Å². The molecule has 1 N–H and O–H groups in total. The van der Waals surface area contributed by atoms with Gasteiger partial charge in [-0.1, -0.05) is 18.2 Å². The Kier molecular flexibility index (Phi) is 4.22. The topological polar surface area (TPSA) is 45.0 Å². The van der Waals surface area contributed by atoms with Crippen LogP contribution in [0.15, 0.2) is 40.6 Å². The molecular weight excluding hydrogens is 233 g/mol. The first-order valence-corrected chi connectivity index (χ1v) is 5.00. The van der Waals surface area contributed by atoms with Crippen LogP contribution in [0.2, 0.25) is 0 Å². The van der Waals surface area contributed by atoms with Gasteiger partial charge >= 0.3 is 6.18 Å². The largest absolute Gasteiger partial charge is 0.394 e. The second-order valence-corrected chi connectivity index (χ2v) is 3.98. The standard InChI is InChI=1S/C11H13F3N2O/c1-10(8-17,7-11(12,13)14)16-15-9-5-3-2-4-6-9/h2-6,17H,7-8H2,1H3. The van der Waals surface area contributed by atoms with Gasteiger partial charge in [0.1, 0.15) is 5.54 Å². The van der Waals surface area contributed by atoms with Crippen molar-refractivity contribution < 1.29 is 18.3 Å². The maximum Gasteiger partial charge on any atom is 0.391 e. The number of benzene rings is 1. The maximum atomic E-state index is 12.3. The monoisotopic (exact) mass is 246 g/mol. The summed E-state index contributed by atoms with van der Waals surface area (Å²) in [7, 11) is 0. The van der Waals surface area contributed by atoms with Gasteiger partial charge in [-0.25, -0.2) is 0 Å². The van der Waals surface area contributed by atoms with Crippen LogP contribution in [0, 0.1) is 0 Å². The lowest BCUT2D eigenvalue weighted by Gasteiger charge is -2.22. The van der Waals surface area contributed by atoms with Crippen LogP contribution < -0.4 is 0 Å². The molecule has 0 aliphatic heterocycles. The van der Waals surface area contributed by atoms with E-state index >= 15 is 0 Å². The van der Waals surface area contributed by atoms with E-state index < -0.39 is 24.7 Å². The van der Waals surface area contributed by atoms with E-state index in [9.17, 15) is 13.2 Å². The number of hydrogen-bond donors (Lipinski definition) is 1. The van der Waals surface area contributed by atoms with Gasteiger partial charge in [0.25, 0.3) is 0 Å². The molecule has 0 aromatic heterocycles. The molecule has 0 saturated heterocycles. The average molecular weight is 246 g/mol. The summed E-state index contributed by atoms with van der Waals surface area (Å²) in [6.45, 7) is 0.510. The highest BCUT2D eigenvalue weighted by Gasteiger charge is 2.39. The normalized spacial score (nSPS) is 16.1. The van der Waals surface area contributed by atoms with Crippen molar-refractivity contribution in [3.8, 4) is 0 Å². The minimum absolute atomic E-state index is 0.453. The average Bonchev–Trinajstić information content (AvgIpc) is 2.26. The number of azo groups is 1. The Morgan fingerprint density at radius 1 is 1.18 bits per heavy atom. The highest BCUT2D eigenvalue weighted by atomic mass is 19.4. The number of hydrogen-bond acceptors (Lipinski definition) is 3. The van der Waals surface area contributed by atoms with Crippen LogP contribution in [0.5, 0.6) is 0 Å². The van der Waals surface area contributed by atoms with Crippen LogP contribution in [0.1, 0.15) is 13.3 Å². The quantitative estimate of drug-likeness (QED) is 0.812. The molecule has 0 aliphatic carbocycles. The van der Waals surface area contributed by atoms with Gasteiger partial charge in [0, 0.05) is 0 Å². The summed E-state index contributed by atoms with van der Waals surface area (Å²) < 4.78 is 36.8. The summed E-state index contributed by atoms with van der Waals surface area (Å²) in [4.78, 5) is 0. The van der Waals surface area contributed by atoms with Gasteiger partial charge in [0.2, 0.25) is 0 Å². The van der Waals surface area contributed by atoms with Gasteiger partial charge < -0.3 is 5.11 Å². The van der Waals surface area contributed by atoms with Crippen molar-refractivity contribution in [2.75, 3.05) is 6.61 Å². The molecule has 1 aromatic carbocycles. The lowest BCUT2D eigenvalue weighted by Crippen LogP contribution is -2.33. The molecule has 3 nitrogen and oxygen atoms in total. The van der Waals surface area contributed by atoms with Crippen LogP contribution >= 0.6 is 0 Å². The molecule has 0 spiro atoms. The fourth-order valence-corrected chi connectivity index (χ4v) is 1.23. The fraction of sp³-hybridized carbons (Fsp3) is 0.455. The zero-order valence-electron chi connectivity index (χ0n) is 9.28. The van der Waals surface area contributed by atoms with E-state index in [1.165, 1.54) is 6.92 Å². The predicted octanol–water partition coefficient (Wildman–Crippen LogP) is 3.47. The number of nitrogens with zero attached hydrogens (tertiary/aromatic N) is 2. The Bertz CT molecular complexity index is 378. The Hall–Kier alpha value is -1.43. The van der Waals surface area contributed by atoms with Crippen molar-refractivity contribution in [2.24, 2.45) is 10.2 Å². The third-order valence-electron chi connectivity index (χ3n) is 2.08. The highest BCUT2D eigenvalue weighted by Crippen LogP contribution is 2.30. The molecular formula is C11H13F3N2O. The highest BCUT2D eigenvalue weighted by molar-refractivity contribution is 5.34. The van der Waals surface area contributed by atoms with E-state index in [0.717, 1.165) is 0 Å². The second kappa shape index (κ2) is 5.27. The van der Waals surface area contributed by atoms with E-state index in [0.29, 0.717) is 5.69 Å². The first kappa shape index (κ1) is 13.6. The number of rotatable bonds is 4. The van der Waals surface area contributed by atoms with Gasteiger partial charge in [-0.2, -0.15) is 23.4 Å². The van der Waals surface area contributed by atoms with Crippen LogP contribution in [-0.2, 0) is 0 Å². The van der Waals surface area contributed by atoms with Crippen LogP contribution in [0.3, 0.4) is 0 Å². The number of aliphatic hydroxyl groups excluding tert-OH is 1. The van der Waals surface area contributed by atoms with Gasteiger partial charge in [0.15, 0.2) is 0 Å². The van der Waals surface area contributed by atoms with Gasteiger partial charge in [0.05, 0.1) is 18.7 Å². The lowest BCUT2D eigenvalue weighted by atomic mass is 10.0. The van der Waals surface area contributed by atoms with Crippen molar-refractivity contribution in [3.63, 3.8) is 0 Å².